The lowest BCUT2D eigenvalue weighted by atomic mass is 10.0. The highest BCUT2D eigenvalue weighted by Crippen LogP contribution is 2.41. The molecule has 4 aliphatic heterocycles. The van der Waals surface area contributed by atoms with E-state index in [4.69, 9.17) is 5.73 Å². The van der Waals surface area contributed by atoms with Crippen LogP contribution >= 0.6 is 23.1 Å². The minimum atomic E-state index is -1.29. The van der Waals surface area contributed by atoms with Crippen molar-refractivity contribution in [2.75, 3.05) is 31.1 Å². The Morgan fingerprint density at radius 1 is 1.30 bits per heavy atom. The van der Waals surface area contributed by atoms with Gasteiger partial charge in [-0.05, 0) is 44.0 Å². The molecule has 3 fully saturated rings. The van der Waals surface area contributed by atoms with Crippen molar-refractivity contribution in [1.82, 2.24) is 25.4 Å². The molecule has 196 valence electrons. The summed E-state index contributed by atoms with van der Waals surface area (Å²) in [6.45, 7) is 2.31. The Labute approximate surface area is 219 Å². The number of hydrogen-bond acceptors (Lipinski definition) is 11. The van der Waals surface area contributed by atoms with E-state index in [2.05, 4.69) is 20.8 Å². The third kappa shape index (κ3) is 4.57. The van der Waals surface area contributed by atoms with E-state index in [1.165, 1.54) is 17.1 Å². The highest BCUT2D eigenvalue weighted by Gasteiger charge is 2.54. The van der Waals surface area contributed by atoms with E-state index >= 15 is 0 Å². The number of piperidine rings is 1. The molecule has 3 saturated heterocycles. The number of oxime groups is 1. The van der Waals surface area contributed by atoms with Crippen molar-refractivity contribution < 1.29 is 29.5 Å². The standard InChI is InChI=1S/C22H25N7O6S2/c23-22-25-13(9-37-22)14(27-35)17(30)26-15-19(32)29-16(21(33)34)11(8-36-20(15)29)7-10-3-6-28(18(10)31)12-1-4-24-5-2-12/h7,9,12,15,20,24,35H,1-6,8H2,(H2,23,25)(H,26,30)(H,33,34)/t15-,20-/m1/s1. The van der Waals surface area contributed by atoms with Crippen LogP contribution in [-0.4, -0.2) is 97.3 Å². The molecular weight excluding hydrogens is 522 g/mol. The summed E-state index contributed by atoms with van der Waals surface area (Å²) in [5, 5.41) is 29.0. The molecule has 6 N–H and O–H groups in total. The fourth-order valence-corrected chi connectivity index (χ4v) is 6.87. The first kappa shape index (κ1) is 25.2. The van der Waals surface area contributed by atoms with Gasteiger partial charge in [0.1, 0.15) is 22.8 Å². The largest absolute Gasteiger partial charge is 0.477 e. The van der Waals surface area contributed by atoms with Crippen molar-refractivity contribution in [2.24, 2.45) is 5.16 Å². The lowest BCUT2D eigenvalue weighted by Gasteiger charge is -2.49. The molecule has 37 heavy (non-hydrogen) atoms. The van der Waals surface area contributed by atoms with Crippen LogP contribution in [0.3, 0.4) is 0 Å². The number of thiazole rings is 1. The second-order valence-electron chi connectivity index (χ2n) is 8.96. The van der Waals surface area contributed by atoms with Crippen LogP contribution in [0.4, 0.5) is 5.13 Å². The van der Waals surface area contributed by atoms with Crippen LogP contribution in [0.25, 0.3) is 0 Å². The molecule has 2 atom stereocenters. The SMILES string of the molecule is Nc1nc(C(=NO)C(=O)N[C@@H]2C(=O)N3C(C(=O)O)=C(C=C4CCN(C5CCNCC5)C4=O)CS[C@H]23)cs1. The molecule has 0 spiro atoms. The average Bonchev–Trinajstić information content (AvgIpc) is 3.48. The number of hydrogen-bond donors (Lipinski definition) is 5. The maximum absolute atomic E-state index is 13.1. The summed E-state index contributed by atoms with van der Waals surface area (Å²) in [6, 6.07) is -0.843. The maximum atomic E-state index is 13.1. The zero-order valence-electron chi connectivity index (χ0n) is 19.5. The number of amides is 3. The number of carboxylic acids is 1. The normalized spacial score (nSPS) is 25.9. The van der Waals surface area contributed by atoms with E-state index in [-0.39, 0.29) is 34.2 Å². The van der Waals surface area contributed by atoms with Crippen molar-refractivity contribution in [2.45, 2.75) is 36.7 Å². The van der Waals surface area contributed by atoms with Crippen LogP contribution < -0.4 is 16.4 Å². The van der Waals surface area contributed by atoms with Crippen LogP contribution in [0.5, 0.6) is 0 Å². The molecule has 15 heteroatoms. The first-order chi connectivity index (χ1) is 17.8. The van der Waals surface area contributed by atoms with Crippen LogP contribution in [0.2, 0.25) is 0 Å². The number of nitrogens with two attached hydrogens (primary N) is 1. The Balaban J connectivity index is 1.32. The number of nitrogens with zero attached hydrogens (tertiary/aromatic N) is 4. The Kier molecular flexibility index (Phi) is 6.92. The van der Waals surface area contributed by atoms with E-state index in [1.807, 2.05) is 4.90 Å². The molecule has 0 unspecified atom stereocenters. The van der Waals surface area contributed by atoms with E-state index < -0.39 is 34.9 Å². The highest BCUT2D eigenvalue weighted by molar-refractivity contribution is 8.00. The number of aromatic nitrogens is 1. The number of carbonyl (C=O) groups excluding carboxylic acids is 3. The maximum Gasteiger partial charge on any atom is 0.352 e. The van der Waals surface area contributed by atoms with Crippen LogP contribution in [0, 0.1) is 0 Å². The molecule has 5 rings (SSSR count). The predicted octanol–water partition coefficient (Wildman–Crippen LogP) is -0.447. The molecule has 1 aromatic rings. The Bertz CT molecular complexity index is 1250. The predicted molar refractivity (Wildman–Crippen MR) is 135 cm³/mol. The number of nitrogen functional groups attached to an aromatic ring is 1. The Hall–Kier alpha value is -3.43. The number of thioether (sulfide) groups is 1. The van der Waals surface area contributed by atoms with E-state index in [9.17, 15) is 29.5 Å². The number of β-lactam (4-membered cyclic amide) rings is 1. The van der Waals surface area contributed by atoms with E-state index in [0.29, 0.717) is 24.1 Å². The average molecular weight is 548 g/mol. The number of anilines is 1. The van der Waals surface area contributed by atoms with Gasteiger partial charge in [-0.25, -0.2) is 9.78 Å². The fourth-order valence-electron chi connectivity index (χ4n) is 5.02. The van der Waals surface area contributed by atoms with Gasteiger partial charge in [-0.2, -0.15) is 0 Å². The lowest BCUT2D eigenvalue weighted by Crippen LogP contribution is -2.71. The smallest absolute Gasteiger partial charge is 0.352 e. The number of allylic oxidation sites excluding steroid dienone is 1. The Morgan fingerprint density at radius 2 is 2.05 bits per heavy atom. The Morgan fingerprint density at radius 3 is 2.70 bits per heavy atom. The van der Waals surface area contributed by atoms with E-state index in [0.717, 1.165) is 42.2 Å². The second kappa shape index (κ2) is 10.1. The minimum absolute atomic E-state index is 0.0576. The number of fused-ring (bicyclic) bond motifs is 1. The summed E-state index contributed by atoms with van der Waals surface area (Å²) in [4.78, 5) is 57.8. The molecule has 0 bridgehead atoms. The number of carboxylic acid groups (broad SMARTS) is 1. The minimum Gasteiger partial charge on any atom is -0.477 e. The molecule has 0 aromatic carbocycles. The number of likely N-dealkylation sites (tertiary alicyclic amines) is 1. The highest BCUT2D eigenvalue weighted by atomic mass is 32.2. The summed E-state index contributed by atoms with van der Waals surface area (Å²) in [7, 11) is 0. The van der Waals surface area contributed by atoms with Gasteiger partial charge in [0.15, 0.2) is 10.8 Å². The van der Waals surface area contributed by atoms with Gasteiger partial charge in [0.05, 0.1) is 0 Å². The summed E-state index contributed by atoms with van der Waals surface area (Å²) in [6.07, 6.45) is 3.89. The van der Waals surface area contributed by atoms with Gasteiger partial charge in [-0.3, -0.25) is 19.3 Å². The summed E-state index contributed by atoms with van der Waals surface area (Å²) < 4.78 is 0. The van der Waals surface area contributed by atoms with Crippen molar-refractivity contribution in [3.8, 4) is 0 Å². The van der Waals surface area contributed by atoms with Crippen molar-refractivity contribution in [1.29, 1.82) is 0 Å². The number of carbonyl (C=O) groups is 4. The second-order valence-corrected chi connectivity index (χ2v) is 11.0. The number of rotatable bonds is 6. The van der Waals surface area contributed by atoms with Gasteiger partial charge in [-0.15, -0.1) is 23.1 Å². The van der Waals surface area contributed by atoms with Gasteiger partial charge in [0.25, 0.3) is 11.8 Å². The third-order valence-corrected chi connectivity index (χ3v) is 8.80. The first-order valence-electron chi connectivity index (χ1n) is 11.7. The van der Waals surface area contributed by atoms with Crippen molar-refractivity contribution in [3.05, 3.63) is 34.0 Å². The monoisotopic (exact) mass is 547 g/mol. The topological polar surface area (TPSA) is 191 Å². The molecule has 1 aromatic heterocycles. The lowest BCUT2D eigenvalue weighted by molar-refractivity contribution is -0.150. The zero-order valence-corrected chi connectivity index (χ0v) is 21.2. The first-order valence-corrected chi connectivity index (χ1v) is 13.6. The molecule has 0 saturated carbocycles. The van der Waals surface area contributed by atoms with Crippen LogP contribution in [0.1, 0.15) is 25.0 Å². The molecule has 0 aliphatic carbocycles. The summed E-state index contributed by atoms with van der Waals surface area (Å²) >= 11 is 2.34. The van der Waals surface area contributed by atoms with Gasteiger partial charge < -0.3 is 31.6 Å². The van der Waals surface area contributed by atoms with Crippen LogP contribution in [0.15, 0.2) is 33.5 Å². The summed E-state index contributed by atoms with van der Waals surface area (Å²) in [5.41, 5.74) is 5.96. The van der Waals surface area contributed by atoms with Crippen molar-refractivity contribution in [3.63, 3.8) is 0 Å². The quantitative estimate of drug-likeness (QED) is 0.103. The molecule has 4 aliphatic rings. The van der Waals surface area contributed by atoms with Crippen molar-refractivity contribution >= 4 is 57.6 Å². The molecule has 0 radical (unpaired) electrons. The third-order valence-electron chi connectivity index (χ3n) is 6.82. The molecule has 5 heterocycles. The van der Waals surface area contributed by atoms with Gasteiger partial charge >= 0.3 is 5.97 Å². The molecular formula is C22H25N7O6S2. The summed E-state index contributed by atoms with van der Waals surface area (Å²) in [5.74, 6) is -2.57. The number of aliphatic carboxylic acids is 1. The van der Waals surface area contributed by atoms with Crippen LogP contribution in [-0.2, 0) is 19.2 Å². The van der Waals surface area contributed by atoms with Gasteiger partial charge in [0.2, 0.25) is 5.91 Å². The van der Waals surface area contributed by atoms with Gasteiger partial charge in [-0.1, -0.05) is 5.16 Å². The fraction of sp³-hybridized carbons (Fsp3) is 0.455. The number of nitrogens with one attached hydrogen (secondary N) is 2. The van der Waals surface area contributed by atoms with E-state index in [1.54, 1.807) is 6.08 Å². The molecule has 3 amide bonds. The zero-order chi connectivity index (χ0) is 26.3. The van der Waals surface area contributed by atoms with Gasteiger partial charge in [0, 0.05) is 29.3 Å². The molecule has 13 nitrogen and oxygen atoms in total.